The minimum Gasteiger partial charge on any atom is -0.317 e. The third-order valence-corrected chi connectivity index (χ3v) is 4.81. The molecule has 0 aromatic carbocycles. The van der Waals surface area contributed by atoms with Crippen molar-refractivity contribution < 1.29 is 0 Å². The fourth-order valence-corrected chi connectivity index (χ4v) is 3.53. The number of hydrogen-bond donors (Lipinski definition) is 1. The molecule has 0 aliphatic heterocycles. The lowest BCUT2D eigenvalue weighted by atomic mass is 9.86. The highest BCUT2D eigenvalue weighted by molar-refractivity contribution is 7.11. The Bertz CT molecular complexity index is 332. The molecule has 0 unspecified atom stereocenters. The van der Waals surface area contributed by atoms with Gasteiger partial charge in [0, 0.05) is 19.4 Å². The summed E-state index contributed by atoms with van der Waals surface area (Å²) in [7, 11) is 0. The maximum atomic E-state index is 4.32. The quantitative estimate of drug-likeness (QED) is 0.771. The molecule has 1 aliphatic rings. The lowest BCUT2D eigenvalue weighted by molar-refractivity contribution is 0.339. The molecule has 3 nitrogen and oxygen atoms in total. The lowest BCUT2D eigenvalue weighted by Crippen LogP contribution is -2.15. The van der Waals surface area contributed by atoms with Gasteiger partial charge >= 0.3 is 0 Å². The zero-order valence-corrected chi connectivity index (χ0v) is 12.3. The molecule has 0 saturated heterocycles. The van der Waals surface area contributed by atoms with Crippen molar-refractivity contribution in [2.24, 2.45) is 5.92 Å². The number of nitrogens with one attached hydrogen (secondary N) is 1. The van der Waals surface area contributed by atoms with Crippen LogP contribution < -0.4 is 5.32 Å². The highest BCUT2D eigenvalue weighted by Crippen LogP contribution is 2.27. The van der Waals surface area contributed by atoms with Crippen molar-refractivity contribution >= 4 is 11.3 Å². The number of nitrogens with zero attached hydrogens (tertiary/aromatic N) is 2. The largest absolute Gasteiger partial charge is 0.317 e. The predicted octanol–water partition coefficient (Wildman–Crippen LogP) is 3.20. The van der Waals surface area contributed by atoms with E-state index >= 15 is 0 Å². The van der Waals surface area contributed by atoms with Crippen LogP contribution in [0.25, 0.3) is 0 Å². The number of aryl methyl sites for hydroxylation is 1. The van der Waals surface area contributed by atoms with Crippen LogP contribution in [0.4, 0.5) is 0 Å². The van der Waals surface area contributed by atoms with E-state index < -0.39 is 0 Å². The molecular weight excluding hydrogens is 242 g/mol. The molecule has 0 spiro atoms. The smallest absolute Gasteiger partial charge is 0.118 e. The molecule has 1 aromatic heterocycles. The van der Waals surface area contributed by atoms with Crippen molar-refractivity contribution in [2.75, 3.05) is 13.1 Å². The molecule has 1 aromatic rings. The molecule has 102 valence electrons. The summed E-state index contributed by atoms with van der Waals surface area (Å²) in [4.78, 5) is 0. The van der Waals surface area contributed by atoms with Crippen LogP contribution in [0.2, 0.25) is 0 Å². The van der Waals surface area contributed by atoms with Crippen LogP contribution in [0, 0.1) is 5.92 Å². The van der Waals surface area contributed by atoms with E-state index in [9.17, 15) is 0 Å². The Hall–Kier alpha value is -0.480. The summed E-state index contributed by atoms with van der Waals surface area (Å²) in [5.74, 6) is 0.952. The number of rotatable bonds is 7. The van der Waals surface area contributed by atoms with Gasteiger partial charge in [-0.05, 0) is 18.9 Å². The Morgan fingerprint density at radius 1 is 1.11 bits per heavy atom. The van der Waals surface area contributed by atoms with Gasteiger partial charge in [0.1, 0.15) is 10.0 Å². The van der Waals surface area contributed by atoms with E-state index in [0.29, 0.717) is 0 Å². The molecule has 1 N–H and O–H groups in total. The number of hydrogen-bond acceptors (Lipinski definition) is 4. The van der Waals surface area contributed by atoms with Crippen LogP contribution in [-0.2, 0) is 12.8 Å². The molecular formula is C14H25N3S. The van der Waals surface area contributed by atoms with Crippen LogP contribution in [0.15, 0.2) is 0 Å². The summed E-state index contributed by atoms with van der Waals surface area (Å²) in [5.41, 5.74) is 0. The Morgan fingerprint density at radius 3 is 2.56 bits per heavy atom. The van der Waals surface area contributed by atoms with Gasteiger partial charge in [0.05, 0.1) is 0 Å². The van der Waals surface area contributed by atoms with Crippen molar-refractivity contribution in [1.29, 1.82) is 0 Å². The summed E-state index contributed by atoms with van der Waals surface area (Å²) in [6.07, 6.45) is 10.7. The monoisotopic (exact) mass is 267 g/mol. The summed E-state index contributed by atoms with van der Waals surface area (Å²) >= 11 is 1.81. The Kier molecular flexibility index (Phi) is 6.08. The predicted molar refractivity (Wildman–Crippen MR) is 77.1 cm³/mol. The van der Waals surface area contributed by atoms with Crippen LogP contribution in [0.5, 0.6) is 0 Å². The van der Waals surface area contributed by atoms with E-state index in [4.69, 9.17) is 0 Å². The first kappa shape index (κ1) is 13.9. The molecule has 1 fully saturated rings. The lowest BCUT2D eigenvalue weighted by Gasteiger charge is -2.20. The van der Waals surface area contributed by atoms with Gasteiger partial charge in [0.15, 0.2) is 0 Å². The normalized spacial score (nSPS) is 17.2. The van der Waals surface area contributed by atoms with E-state index in [2.05, 4.69) is 22.4 Å². The van der Waals surface area contributed by atoms with Gasteiger partial charge in [-0.1, -0.05) is 39.0 Å². The molecule has 4 heteroatoms. The van der Waals surface area contributed by atoms with Gasteiger partial charge in [-0.2, -0.15) is 0 Å². The van der Waals surface area contributed by atoms with Crippen molar-refractivity contribution in [1.82, 2.24) is 15.5 Å². The highest BCUT2D eigenvalue weighted by atomic mass is 32.1. The van der Waals surface area contributed by atoms with E-state index in [1.54, 1.807) is 0 Å². The van der Waals surface area contributed by atoms with E-state index in [0.717, 1.165) is 31.8 Å². The molecule has 0 atom stereocenters. The van der Waals surface area contributed by atoms with Crippen LogP contribution in [-0.4, -0.2) is 23.3 Å². The molecule has 0 bridgehead atoms. The second-order valence-corrected chi connectivity index (χ2v) is 6.38. The first-order valence-corrected chi connectivity index (χ1v) is 8.22. The third-order valence-electron chi connectivity index (χ3n) is 3.77. The number of aromatic nitrogens is 2. The second kappa shape index (κ2) is 7.85. The molecule has 18 heavy (non-hydrogen) atoms. The average Bonchev–Trinajstić information content (AvgIpc) is 2.86. The third kappa shape index (κ3) is 4.65. The van der Waals surface area contributed by atoms with Gasteiger partial charge in [0.2, 0.25) is 0 Å². The van der Waals surface area contributed by atoms with Gasteiger partial charge in [0.25, 0.3) is 0 Å². The minimum absolute atomic E-state index is 0.952. The van der Waals surface area contributed by atoms with E-state index in [1.165, 1.54) is 48.5 Å². The zero-order valence-electron chi connectivity index (χ0n) is 11.5. The van der Waals surface area contributed by atoms with Crippen molar-refractivity contribution in [3.63, 3.8) is 0 Å². The highest BCUT2D eigenvalue weighted by Gasteiger charge is 2.14. The summed E-state index contributed by atoms with van der Waals surface area (Å²) in [6, 6.07) is 0. The van der Waals surface area contributed by atoms with E-state index in [-0.39, 0.29) is 0 Å². The van der Waals surface area contributed by atoms with Gasteiger partial charge in [-0.3, -0.25) is 0 Å². The fourth-order valence-electron chi connectivity index (χ4n) is 2.67. The summed E-state index contributed by atoms with van der Waals surface area (Å²) in [5, 5.41) is 14.4. The molecule has 1 aliphatic carbocycles. The van der Waals surface area contributed by atoms with E-state index in [1.807, 2.05) is 11.3 Å². The topological polar surface area (TPSA) is 37.8 Å². The maximum absolute atomic E-state index is 4.32. The number of likely N-dealkylation sites (N-methyl/N-ethyl adjacent to an activating group) is 1. The maximum Gasteiger partial charge on any atom is 0.118 e. The Morgan fingerprint density at radius 2 is 1.83 bits per heavy atom. The molecule has 0 amide bonds. The molecule has 1 saturated carbocycles. The molecule has 0 radical (unpaired) electrons. The standard InChI is InChI=1S/C14H25N3S/c1-2-15-11-10-14-17-16-13(18-14)9-8-12-6-4-3-5-7-12/h12,15H,2-11H2,1H3. The zero-order chi connectivity index (χ0) is 12.6. The van der Waals surface area contributed by atoms with Gasteiger partial charge in [-0.15, -0.1) is 21.5 Å². The summed E-state index contributed by atoms with van der Waals surface area (Å²) in [6.45, 7) is 4.19. The fraction of sp³-hybridized carbons (Fsp3) is 0.857. The van der Waals surface area contributed by atoms with Crippen molar-refractivity contribution in [2.45, 2.75) is 58.3 Å². The SMILES string of the molecule is CCNCCc1nnc(CCC2CCCCC2)s1. The van der Waals surface area contributed by atoms with Gasteiger partial charge < -0.3 is 5.32 Å². The van der Waals surface area contributed by atoms with Gasteiger partial charge in [-0.25, -0.2) is 0 Å². The van der Waals surface area contributed by atoms with Crippen LogP contribution >= 0.6 is 11.3 Å². The van der Waals surface area contributed by atoms with Crippen LogP contribution in [0.3, 0.4) is 0 Å². The molecule has 2 rings (SSSR count). The minimum atomic E-state index is 0.952. The Balaban J connectivity index is 1.69. The van der Waals surface area contributed by atoms with Crippen molar-refractivity contribution in [3.05, 3.63) is 10.0 Å². The Labute approximate surface area is 114 Å². The van der Waals surface area contributed by atoms with Crippen molar-refractivity contribution in [3.8, 4) is 0 Å². The first-order chi connectivity index (χ1) is 8.88. The summed E-state index contributed by atoms with van der Waals surface area (Å²) < 4.78 is 0. The molecule has 1 heterocycles. The van der Waals surface area contributed by atoms with Crippen LogP contribution in [0.1, 0.15) is 55.5 Å². The first-order valence-electron chi connectivity index (χ1n) is 7.40. The second-order valence-electron chi connectivity index (χ2n) is 5.24. The average molecular weight is 267 g/mol.